The fraction of sp³-hybridized carbons (Fsp3) is 0.625. The second-order valence-electron chi connectivity index (χ2n) is 6.46. The number of carbonyl (C=O) groups excluding carboxylic acids is 1. The summed E-state index contributed by atoms with van der Waals surface area (Å²) in [6.45, 7) is -0.0211. The zero-order chi connectivity index (χ0) is 16.4. The van der Waals surface area contributed by atoms with Gasteiger partial charge in [0.2, 0.25) is 5.91 Å². The van der Waals surface area contributed by atoms with Crippen LogP contribution in [0.25, 0.3) is 0 Å². The van der Waals surface area contributed by atoms with Gasteiger partial charge in [0, 0.05) is 24.3 Å². The molecule has 0 bridgehead atoms. The van der Waals surface area contributed by atoms with E-state index in [9.17, 15) is 18.0 Å². The van der Waals surface area contributed by atoms with Gasteiger partial charge in [-0.05, 0) is 25.3 Å². The number of rotatable bonds is 4. The second-order valence-corrected chi connectivity index (χ2v) is 8.69. The van der Waals surface area contributed by atoms with Gasteiger partial charge in [0.15, 0.2) is 9.84 Å². The Balaban J connectivity index is 1.81. The first-order valence-electron chi connectivity index (χ1n) is 8.13. The molecular formula is C16H22N2O4S. The van der Waals surface area contributed by atoms with Crippen LogP contribution < -0.4 is 5.56 Å². The van der Waals surface area contributed by atoms with Crippen molar-refractivity contribution in [2.45, 2.75) is 50.7 Å². The molecule has 1 saturated heterocycles. The lowest BCUT2D eigenvalue weighted by atomic mass is 10.1. The zero-order valence-corrected chi connectivity index (χ0v) is 13.9. The van der Waals surface area contributed by atoms with Crippen LogP contribution in [0.4, 0.5) is 0 Å². The van der Waals surface area contributed by atoms with Crippen molar-refractivity contribution in [2.24, 2.45) is 0 Å². The molecule has 0 unspecified atom stereocenters. The highest BCUT2D eigenvalue weighted by molar-refractivity contribution is 7.91. The highest BCUT2D eigenvalue weighted by atomic mass is 32.2. The van der Waals surface area contributed by atoms with Gasteiger partial charge in [-0.3, -0.25) is 9.59 Å². The molecule has 0 aromatic carbocycles. The van der Waals surface area contributed by atoms with E-state index in [2.05, 4.69) is 0 Å². The zero-order valence-electron chi connectivity index (χ0n) is 13.1. The summed E-state index contributed by atoms with van der Waals surface area (Å²) in [6.07, 6.45) is 6.09. The van der Waals surface area contributed by atoms with E-state index < -0.39 is 9.84 Å². The monoisotopic (exact) mass is 338 g/mol. The van der Waals surface area contributed by atoms with E-state index >= 15 is 0 Å². The lowest BCUT2D eigenvalue weighted by Crippen LogP contribution is -2.48. The molecular weight excluding hydrogens is 316 g/mol. The van der Waals surface area contributed by atoms with Gasteiger partial charge in [0.05, 0.1) is 11.5 Å². The number of carbonyl (C=O) groups is 1. The predicted molar refractivity (Wildman–Crippen MR) is 86.9 cm³/mol. The predicted octanol–water partition coefficient (Wildman–Crippen LogP) is 0.807. The Hall–Kier alpha value is -1.63. The van der Waals surface area contributed by atoms with Gasteiger partial charge in [-0.25, -0.2) is 8.42 Å². The van der Waals surface area contributed by atoms with E-state index in [1.54, 1.807) is 23.2 Å². The summed E-state index contributed by atoms with van der Waals surface area (Å²) in [5, 5.41) is 0. The van der Waals surface area contributed by atoms with Crippen LogP contribution in [0.3, 0.4) is 0 Å². The number of pyridine rings is 1. The van der Waals surface area contributed by atoms with Crippen molar-refractivity contribution in [2.75, 3.05) is 11.5 Å². The molecule has 1 saturated carbocycles. The molecule has 1 amide bonds. The van der Waals surface area contributed by atoms with Crippen LogP contribution in [0, 0.1) is 0 Å². The molecule has 3 rings (SSSR count). The second kappa shape index (κ2) is 6.47. The summed E-state index contributed by atoms with van der Waals surface area (Å²) < 4.78 is 25.0. The van der Waals surface area contributed by atoms with Crippen LogP contribution in [0.5, 0.6) is 0 Å². The largest absolute Gasteiger partial charge is 0.334 e. The molecule has 1 aromatic heterocycles. The average Bonchev–Trinajstić information content (AvgIpc) is 3.12. The molecule has 2 aliphatic rings. The lowest BCUT2D eigenvalue weighted by molar-refractivity contribution is -0.136. The topological polar surface area (TPSA) is 76.5 Å². The summed E-state index contributed by atoms with van der Waals surface area (Å²) >= 11 is 0. The van der Waals surface area contributed by atoms with Crippen molar-refractivity contribution in [1.29, 1.82) is 0 Å². The third kappa shape index (κ3) is 3.65. The van der Waals surface area contributed by atoms with Gasteiger partial charge in [0.25, 0.3) is 5.56 Å². The molecule has 2 heterocycles. The van der Waals surface area contributed by atoms with Gasteiger partial charge in [-0.1, -0.05) is 18.9 Å². The highest BCUT2D eigenvalue weighted by Crippen LogP contribution is 2.29. The van der Waals surface area contributed by atoms with E-state index in [1.807, 2.05) is 0 Å². The summed E-state index contributed by atoms with van der Waals surface area (Å²) in [6, 6.07) is 4.65. The first kappa shape index (κ1) is 16.2. The third-order valence-corrected chi connectivity index (χ3v) is 6.56. The van der Waals surface area contributed by atoms with Crippen molar-refractivity contribution < 1.29 is 13.2 Å². The van der Waals surface area contributed by atoms with Crippen LogP contribution in [0.15, 0.2) is 29.2 Å². The van der Waals surface area contributed by atoms with Gasteiger partial charge in [-0.2, -0.15) is 0 Å². The molecule has 1 atom stereocenters. The maximum Gasteiger partial charge on any atom is 0.250 e. The first-order chi connectivity index (χ1) is 11.0. The SMILES string of the molecule is O=C(Cn1ccccc1=O)N(C1CCCC1)[C@H]1CCS(=O)(=O)C1. The number of nitrogens with zero attached hydrogens (tertiary/aromatic N) is 2. The van der Waals surface area contributed by atoms with Gasteiger partial charge in [0.1, 0.15) is 6.54 Å². The number of sulfone groups is 1. The molecule has 23 heavy (non-hydrogen) atoms. The van der Waals surface area contributed by atoms with Crippen LogP contribution in [-0.2, 0) is 21.2 Å². The summed E-state index contributed by atoms with van der Waals surface area (Å²) in [5.74, 6) is 0.0607. The molecule has 1 aliphatic heterocycles. The lowest BCUT2D eigenvalue weighted by Gasteiger charge is -2.34. The average molecular weight is 338 g/mol. The Labute approximate surface area is 136 Å². The smallest absolute Gasteiger partial charge is 0.250 e. The van der Waals surface area contributed by atoms with E-state index in [0.29, 0.717) is 6.42 Å². The molecule has 1 aromatic rings. The van der Waals surface area contributed by atoms with Gasteiger partial charge >= 0.3 is 0 Å². The molecule has 6 nitrogen and oxygen atoms in total. The maximum atomic E-state index is 12.8. The van der Waals surface area contributed by atoms with Crippen molar-refractivity contribution in [3.8, 4) is 0 Å². The Morgan fingerprint density at radius 3 is 2.52 bits per heavy atom. The number of hydrogen-bond acceptors (Lipinski definition) is 4. The fourth-order valence-electron chi connectivity index (χ4n) is 3.70. The number of hydrogen-bond donors (Lipinski definition) is 0. The standard InChI is InChI=1S/C16H22N2O4S/c19-15-7-3-4-9-17(15)11-16(20)18(13-5-1-2-6-13)14-8-10-23(21,22)12-14/h3-4,7,9,13-14H,1-2,5-6,8,10-12H2/t14-/m0/s1. The Morgan fingerprint density at radius 1 is 1.17 bits per heavy atom. The molecule has 0 radical (unpaired) electrons. The Kier molecular flexibility index (Phi) is 4.57. The minimum absolute atomic E-state index is 0.0211. The first-order valence-corrected chi connectivity index (χ1v) is 9.95. The number of aromatic nitrogens is 1. The van der Waals surface area contributed by atoms with Gasteiger partial charge < -0.3 is 9.47 Å². The molecule has 126 valence electrons. The van der Waals surface area contributed by atoms with Crippen molar-refractivity contribution in [3.05, 3.63) is 34.7 Å². The molecule has 0 spiro atoms. The third-order valence-electron chi connectivity index (χ3n) is 4.81. The quantitative estimate of drug-likeness (QED) is 0.814. The van der Waals surface area contributed by atoms with Crippen molar-refractivity contribution in [1.82, 2.24) is 9.47 Å². The van der Waals surface area contributed by atoms with Gasteiger partial charge in [-0.15, -0.1) is 0 Å². The molecule has 0 N–H and O–H groups in total. The van der Waals surface area contributed by atoms with Crippen LogP contribution in [-0.4, -0.2) is 47.4 Å². The minimum atomic E-state index is -3.05. The highest BCUT2D eigenvalue weighted by Gasteiger charge is 2.38. The summed E-state index contributed by atoms with van der Waals surface area (Å²) in [5.41, 5.74) is -0.216. The van der Waals surface area contributed by atoms with E-state index in [1.165, 1.54) is 10.6 Å². The fourth-order valence-corrected chi connectivity index (χ4v) is 5.41. The van der Waals surface area contributed by atoms with E-state index in [4.69, 9.17) is 0 Å². The van der Waals surface area contributed by atoms with Crippen LogP contribution in [0.2, 0.25) is 0 Å². The van der Waals surface area contributed by atoms with E-state index in [0.717, 1.165) is 25.7 Å². The van der Waals surface area contributed by atoms with Crippen molar-refractivity contribution in [3.63, 3.8) is 0 Å². The van der Waals surface area contributed by atoms with Crippen molar-refractivity contribution >= 4 is 15.7 Å². The Morgan fingerprint density at radius 2 is 1.91 bits per heavy atom. The Bertz CT molecular complexity index is 734. The molecule has 1 aliphatic carbocycles. The maximum absolute atomic E-state index is 12.8. The van der Waals surface area contributed by atoms with Crippen LogP contribution >= 0.6 is 0 Å². The summed E-state index contributed by atoms with van der Waals surface area (Å²) in [7, 11) is -3.05. The van der Waals surface area contributed by atoms with Crippen LogP contribution in [0.1, 0.15) is 32.1 Å². The molecule has 7 heteroatoms. The normalized spacial score (nSPS) is 23.9. The van der Waals surface area contributed by atoms with E-state index in [-0.39, 0.29) is 41.6 Å². The molecule has 2 fully saturated rings. The number of amides is 1. The minimum Gasteiger partial charge on any atom is -0.334 e. The summed E-state index contributed by atoms with van der Waals surface area (Å²) in [4.78, 5) is 26.4.